The van der Waals surface area contributed by atoms with Crippen molar-refractivity contribution in [3.63, 3.8) is 0 Å². The van der Waals surface area contributed by atoms with E-state index in [9.17, 15) is 4.79 Å². The van der Waals surface area contributed by atoms with Crippen molar-refractivity contribution in [2.45, 2.75) is 12.8 Å². The van der Waals surface area contributed by atoms with E-state index in [1.54, 1.807) is 0 Å². The topological polar surface area (TPSA) is 80.8 Å². The number of carbonyl (C=O) groups is 1. The van der Waals surface area contributed by atoms with Gasteiger partial charge in [0.05, 0.1) is 5.92 Å². The van der Waals surface area contributed by atoms with E-state index in [1.807, 2.05) is 0 Å². The Balaban J connectivity index is 0.000000810. The first-order chi connectivity index (χ1) is 4.30. The minimum absolute atomic E-state index is 0. The molecular weight excluding hydrogens is 134 g/mol. The Labute approximate surface area is 59.5 Å². The molecule has 0 amide bonds. The Hall–Kier alpha value is -0.610. The lowest BCUT2D eigenvalue weighted by molar-refractivity contribution is -0.142. The van der Waals surface area contributed by atoms with Crippen molar-refractivity contribution in [2.24, 2.45) is 5.92 Å². The molecule has 0 aromatic carbocycles. The molecule has 0 bridgehead atoms. The lowest BCUT2D eigenvalue weighted by atomic mass is 10.0. The second-order valence-electron chi connectivity index (χ2n) is 2.38. The Bertz CT molecular complexity index is 110. The van der Waals surface area contributed by atoms with E-state index >= 15 is 0 Å². The molecule has 60 valence electrons. The van der Waals surface area contributed by atoms with Crippen LogP contribution < -0.4 is 5.32 Å². The summed E-state index contributed by atoms with van der Waals surface area (Å²) in [4.78, 5) is 10.3. The molecule has 1 rings (SSSR count). The fourth-order valence-corrected chi connectivity index (χ4v) is 1.06. The van der Waals surface area contributed by atoms with Crippen molar-refractivity contribution in [1.29, 1.82) is 0 Å². The normalized spacial score (nSPS) is 25.0. The molecule has 4 heteroatoms. The van der Waals surface area contributed by atoms with E-state index < -0.39 is 5.97 Å². The van der Waals surface area contributed by atoms with Gasteiger partial charge in [-0.2, -0.15) is 0 Å². The van der Waals surface area contributed by atoms with Crippen LogP contribution in [0.2, 0.25) is 0 Å². The van der Waals surface area contributed by atoms with E-state index in [0.717, 1.165) is 19.4 Å². The molecule has 4 N–H and O–H groups in total. The standard InChI is InChI=1S/C6H11NO2.H2O/c8-6(9)5-2-1-3-7-4-5;/h5,7H,1-4H2,(H,8,9);1H2. The molecule has 1 atom stereocenters. The summed E-state index contributed by atoms with van der Waals surface area (Å²) in [6.45, 7) is 1.62. The fraction of sp³-hybridized carbons (Fsp3) is 0.833. The molecule has 1 saturated heterocycles. The summed E-state index contributed by atoms with van der Waals surface area (Å²) in [5.41, 5.74) is 0. The molecule has 0 spiro atoms. The van der Waals surface area contributed by atoms with E-state index in [-0.39, 0.29) is 11.4 Å². The van der Waals surface area contributed by atoms with E-state index in [4.69, 9.17) is 5.11 Å². The molecule has 1 unspecified atom stereocenters. The number of nitrogens with one attached hydrogen (secondary N) is 1. The molecule has 0 aromatic heterocycles. The number of hydrogen-bond donors (Lipinski definition) is 2. The highest BCUT2D eigenvalue weighted by Crippen LogP contribution is 2.08. The summed E-state index contributed by atoms with van der Waals surface area (Å²) >= 11 is 0. The quantitative estimate of drug-likeness (QED) is 0.512. The van der Waals surface area contributed by atoms with E-state index in [0.29, 0.717) is 6.54 Å². The Morgan fingerprint density at radius 3 is 2.60 bits per heavy atom. The van der Waals surface area contributed by atoms with Crippen LogP contribution in [0.1, 0.15) is 12.8 Å². The molecule has 0 aliphatic carbocycles. The summed E-state index contributed by atoms with van der Waals surface area (Å²) in [7, 11) is 0. The van der Waals surface area contributed by atoms with Crippen LogP contribution in [-0.4, -0.2) is 29.6 Å². The van der Waals surface area contributed by atoms with Crippen LogP contribution in [0.25, 0.3) is 0 Å². The van der Waals surface area contributed by atoms with Gasteiger partial charge in [0.2, 0.25) is 0 Å². The van der Waals surface area contributed by atoms with Crippen LogP contribution in [0.3, 0.4) is 0 Å². The third-order valence-electron chi connectivity index (χ3n) is 1.65. The first-order valence-electron chi connectivity index (χ1n) is 3.24. The summed E-state index contributed by atoms with van der Waals surface area (Å²) in [6.07, 6.45) is 1.83. The van der Waals surface area contributed by atoms with Crippen LogP contribution in [0.4, 0.5) is 0 Å². The Morgan fingerprint density at radius 1 is 1.60 bits per heavy atom. The van der Waals surface area contributed by atoms with Gasteiger partial charge in [-0.3, -0.25) is 4.79 Å². The highest BCUT2D eigenvalue weighted by atomic mass is 16.4. The Morgan fingerprint density at radius 2 is 2.30 bits per heavy atom. The number of carboxylic acid groups (broad SMARTS) is 1. The zero-order chi connectivity index (χ0) is 6.69. The minimum atomic E-state index is -0.665. The zero-order valence-electron chi connectivity index (χ0n) is 5.76. The molecule has 1 aliphatic heterocycles. The maximum Gasteiger partial charge on any atom is 0.307 e. The second kappa shape index (κ2) is 4.24. The van der Waals surface area contributed by atoms with Crippen molar-refractivity contribution in [1.82, 2.24) is 5.32 Å². The molecule has 1 heterocycles. The fourth-order valence-electron chi connectivity index (χ4n) is 1.06. The average Bonchev–Trinajstić information content (AvgIpc) is 1.90. The maximum atomic E-state index is 10.3. The van der Waals surface area contributed by atoms with Crippen molar-refractivity contribution >= 4 is 5.97 Å². The molecule has 0 radical (unpaired) electrons. The number of aliphatic carboxylic acids is 1. The minimum Gasteiger partial charge on any atom is -0.481 e. The largest absolute Gasteiger partial charge is 0.481 e. The van der Waals surface area contributed by atoms with Crippen LogP contribution in [0.15, 0.2) is 0 Å². The third-order valence-corrected chi connectivity index (χ3v) is 1.65. The molecule has 0 saturated carbocycles. The first kappa shape index (κ1) is 9.39. The summed E-state index contributed by atoms with van der Waals surface area (Å²) < 4.78 is 0. The van der Waals surface area contributed by atoms with Gasteiger partial charge in [-0.25, -0.2) is 0 Å². The second-order valence-corrected chi connectivity index (χ2v) is 2.38. The smallest absolute Gasteiger partial charge is 0.307 e. The predicted molar refractivity (Wildman–Crippen MR) is 36.8 cm³/mol. The van der Waals surface area contributed by atoms with Crippen molar-refractivity contribution in [3.05, 3.63) is 0 Å². The van der Waals surface area contributed by atoms with Crippen molar-refractivity contribution in [3.8, 4) is 0 Å². The van der Waals surface area contributed by atoms with Crippen molar-refractivity contribution < 1.29 is 15.4 Å². The number of carboxylic acids is 1. The lowest BCUT2D eigenvalue weighted by Gasteiger charge is -2.18. The number of hydrogen-bond acceptors (Lipinski definition) is 2. The molecule has 4 nitrogen and oxygen atoms in total. The van der Waals surface area contributed by atoms with Gasteiger partial charge < -0.3 is 15.9 Å². The van der Waals surface area contributed by atoms with E-state index in [1.165, 1.54) is 0 Å². The van der Waals surface area contributed by atoms with Crippen molar-refractivity contribution in [2.75, 3.05) is 13.1 Å². The van der Waals surface area contributed by atoms with Crippen LogP contribution >= 0.6 is 0 Å². The number of piperidine rings is 1. The molecule has 10 heavy (non-hydrogen) atoms. The molecule has 0 aromatic rings. The molecule has 1 aliphatic rings. The van der Waals surface area contributed by atoms with Gasteiger partial charge >= 0.3 is 5.97 Å². The Kier molecular flexibility index (Phi) is 3.99. The zero-order valence-corrected chi connectivity index (χ0v) is 5.76. The third kappa shape index (κ3) is 2.33. The van der Waals surface area contributed by atoms with Gasteiger partial charge in [-0.1, -0.05) is 0 Å². The monoisotopic (exact) mass is 147 g/mol. The lowest BCUT2D eigenvalue weighted by Crippen LogP contribution is -2.34. The summed E-state index contributed by atoms with van der Waals surface area (Å²) in [5, 5.41) is 11.5. The number of rotatable bonds is 1. The van der Waals surface area contributed by atoms with Gasteiger partial charge in [-0.05, 0) is 19.4 Å². The van der Waals surface area contributed by atoms with Crippen LogP contribution in [-0.2, 0) is 4.79 Å². The van der Waals surface area contributed by atoms with Crippen LogP contribution in [0, 0.1) is 5.92 Å². The highest BCUT2D eigenvalue weighted by Gasteiger charge is 2.18. The molecule has 1 fully saturated rings. The van der Waals surface area contributed by atoms with Gasteiger partial charge in [-0.15, -0.1) is 0 Å². The van der Waals surface area contributed by atoms with Gasteiger partial charge in [0, 0.05) is 6.54 Å². The van der Waals surface area contributed by atoms with E-state index in [2.05, 4.69) is 5.32 Å². The molecular formula is C6H13NO3. The highest BCUT2D eigenvalue weighted by molar-refractivity contribution is 5.70. The van der Waals surface area contributed by atoms with Gasteiger partial charge in [0.1, 0.15) is 0 Å². The van der Waals surface area contributed by atoms with Crippen LogP contribution in [0.5, 0.6) is 0 Å². The van der Waals surface area contributed by atoms with Gasteiger partial charge in [0.15, 0.2) is 0 Å². The first-order valence-corrected chi connectivity index (χ1v) is 3.24. The summed E-state index contributed by atoms with van der Waals surface area (Å²) in [5.74, 6) is -0.805. The predicted octanol–water partition coefficient (Wildman–Crippen LogP) is -0.754. The maximum absolute atomic E-state index is 10.3. The van der Waals surface area contributed by atoms with Gasteiger partial charge in [0.25, 0.3) is 0 Å². The average molecular weight is 147 g/mol. The summed E-state index contributed by atoms with van der Waals surface area (Å²) in [6, 6.07) is 0. The SMILES string of the molecule is O.O=C(O)C1CCCNC1.